The van der Waals surface area contributed by atoms with E-state index in [0.29, 0.717) is 0 Å². The number of aliphatic carboxylic acids is 1. The van der Waals surface area contributed by atoms with Gasteiger partial charge in [-0.05, 0) is 0 Å². The lowest BCUT2D eigenvalue weighted by Crippen LogP contribution is -2.22. The zero-order valence-electron chi connectivity index (χ0n) is 4.36. The van der Waals surface area contributed by atoms with Crippen LogP contribution in [0, 0.1) is 0 Å². The molecule has 1 saturated heterocycles. The first-order valence-corrected chi connectivity index (χ1v) is 3.28. The van der Waals surface area contributed by atoms with E-state index in [0.717, 1.165) is 11.8 Å². The van der Waals surface area contributed by atoms with Gasteiger partial charge in [0.05, 0.1) is 0 Å². The fraction of sp³-hybridized carbons (Fsp3) is 0.500. The summed E-state index contributed by atoms with van der Waals surface area (Å²) in [4.78, 5) is 20.5. The lowest BCUT2D eigenvalue weighted by molar-refractivity contribution is -0.147. The molecule has 1 atom stereocenters. The Hall–Kier alpha value is -0.710. The molecule has 0 spiro atoms. The summed E-state index contributed by atoms with van der Waals surface area (Å²) in [5.74, 6) is -1.61. The molecular weight excluding hydrogens is 144 g/mol. The largest absolute Gasteiger partial charge is 0.480 e. The van der Waals surface area contributed by atoms with E-state index in [1.807, 2.05) is 0 Å². The van der Waals surface area contributed by atoms with Gasteiger partial charge in [-0.2, -0.15) is 0 Å². The van der Waals surface area contributed by atoms with Crippen LogP contribution in [0.4, 0.5) is 0 Å². The molecule has 1 fully saturated rings. The molecule has 9 heavy (non-hydrogen) atoms. The second-order valence-electron chi connectivity index (χ2n) is 1.47. The SMILES string of the molecule is O=C(O)C1SCOC1=O. The minimum Gasteiger partial charge on any atom is -0.480 e. The summed E-state index contributed by atoms with van der Waals surface area (Å²) < 4.78 is 4.37. The average molecular weight is 148 g/mol. The number of hydrogen-bond donors (Lipinski definition) is 1. The van der Waals surface area contributed by atoms with Crippen LogP contribution in [-0.4, -0.2) is 28.2 Å². The summed E-state index contributed by atoms with van der Waals surface area (Å²) in [6.07, 6.45) is 0. The number of carbonyl (C=O) groups excluding carboxylic acids is 1. The number of carboxylic acids is 1. The monoisotopic (exact) mass is 148 g/mol. The van der Waals surface area contributed by atoms with Crippen LogP contribution in [0.1, 0.15) is 0 Å². The smallest absolute Gasteiger partial charge is 0.331 e. The zero-order valence-corrected chi connectivity index (χ0v) is 5.18. The van der Waals surface area contributed by atoms with Gasteiger partial charge in [0.15, 0.2) is 0 Å². The summed E-state index contributed by atoms with van der Waals surface area (Å²) >= 11 is 0.987. The molecule has 1 rings (SSSR count). The lowest BCUT2D eigenvalue weighted by Gasteiger charge is -1.92. The number of thioether (sulfide) groups is 1. The van der Waals surface area contributed by atoms with Gasteiger partial charge < -0.3 is 9.84 Å². The molecule has 1 N–H and O–H groups in total. The Bertz CT molecular complexity index is 155. The van der Waals surface area contributed by atoms with Crippen LogP contribution in [0.25, 0.3) is 0 Å². The Kier molecular flexibility index (Phi) is 1.61. The molecule has 1 aliphatic rings. The maximum absolute atomic E-state index is 10.4. The van der Waals surface area contributed by atoms with Crippen molar-refractivity contribution in [3.05, 3.63) is 0 Å². The fourth-order valence-electron chi connectivity index (χ4n) is 0.476. The van der Waals surface area contributed by atoms with Crippen molar-refractivity contribution in [2.75, 3.05) is 5.94 Å². The molecule has 0 amide bonds. The summed E-state index contributed by atoms with van der Waals surface area (Å²) in [7, 11) is 0. The molecule has 0 aliphatic carbocycles. The minimum atomic E-state index is -1.12. The predicted molar refractivity (Wildman–Crippen MR) is 30.0 cm³/mol. The normalized spacial score (nSPS) is 25.8. The van der Waals surface area contributed by atoms with Crippen LogP contribution in [0.15, 0.2) is 0 Å². The number of carboxylic acid groups (broad SMARTS) is 1. The molecule has 5 heteroatoms. The number of esters is 1. The van der Waals surface area contributed by atoms with E-state index < -0.39 is 17.2 Å². The molecule has 50 valence electrons. The van der Waals surface area contributed by atoms with Crippen LogP contribution in [0.5, 0.6) is 0 Å². The Morgan fingerprint density at radius 2 is 2.56 bits per heavy atom. The van der Waals surface area contributed by atoms with Gasteiger partial charge in [-0.25, -0.2) is 0 Å². The highest BCUT2D eigenvalue weighted by atomic mass is 32.2. The maximum atomic E-state index is 10.4. The summed E-state index contributed by atoms with van der Waals surface area (Å²) in [6, 6.07) is 0. The number of carbonyl (C=O) groups is 2. The third-order valence-electron chi connectivity index (χ3n) is 0.874. The second-order valence-corrected chi connectivity index (χ2v) is 2.51. The third kappa shape index (κ3) is 1.16. The molecule has 1 heterocycles. The average Bonchev–Trinajstić information content (AvgIpc) is 2.13. The number of hydrogen-bond acceptors (Lipinski definition) is 4. The maximum Gasteiger partial charge on any atom is 0.331 e. The molecule has 4 nitrogen and oxygen atoms in total. The third-order valence-corrected chi connectivity index (χ3v) is 1.86. The summed E-state index contributed by atoms with van der Waals surface area (Å²) in [6.45, 7) is 0. The fourth-order valence-corrected chi connectivity index (χ4v) is 1.14. The number of ether oxygens (including phenoxy) is 1. The van der Waals surface area contributed by atoms with Crippen molar-refractivity contribution >= 4 is 23.7 Å². The molecule has 0 bridgehead atoms. The first kappa shape index (κ1) is 6.41. The van der Waals surface area contributed by atoms with Crippen LogP contribution in [0.3, 0.4) is 0 Å². The zero-order chi connectivity index (χ0) is 6.85. The molecule has 0 radical (unpaired) electrons. The van der Waals surface area contributed by atoms with Crippen molar-refractivity contribution in [1.82, 2.24) is 0 Å². The van der Waals surface area contributed by atoms with E-state index in [1.54, 1.807) is 0 Å². The van der Waals surface area contributed by atoms with Crippen LogP contribution < -0.4 is 0 Å². The molecule has 1 unspecified atom stereocenters. The van der Waals surface area contributed by atoms with Crippen molar-refractivity contribution < 1.29 is 19.4 Å². The van der Waals surface area contributed by atoms with E-state index in [2.05, 4.69) is 4.74 Å². The Labute approximate surface area is 55.2 Å². The van der Waals surface area contributed by atoms with Crippen molar-refractivity contribution in [2.24, 2.45) is 0 Å². The second kappa shape index (κ2) is 2.26. The van der Waals surface area contributed by atoms with Gasteiger partial charge >= 0.3 is 11.9 Å². The Morgan fingerprint density at radius 1 is 1.89 bits per heavy atom. The van der Waals surface area contributed by atoms with E-state index in [1.165, 1.54) is 0 Å². The van der Waals surface area contributed by atoms with Gasteiger partial charge in [0.1, 0.15) is 5.94 Å². The molecule has 0 aromatic heterocycles. The van der Waals surface area contributed by atoms with E-state index in [9.17, 15) is 9.59 Å². The highest BCUT2D eigenvalue weighted by Gasteiger charge is 2.33. The van der Waals surface area contributed by atoms with Crippen molar-refractivity contribution in [1.29, 1.82) is 0 Å². The van der Waals surface area contributed by atoms with Crippen LogP contribution in [0.2, 0.25) is 0 Å². The summed E-state index contributed by atoms with van der Waals surface area (Å²) in [5, 5.41) is 7.27. The van der Waals surface area contributed by atoms with Gasteiger partial charge in [-0.15, -0.1) is 0 Å². The highest BCUT2D eigenvalue weighted by molar-refractivity contribution is 8.01. The van der Waals surface area contributed by atoms with Crippen molar-refractivity contribution in [2.45, 2.75) is 5.25 Å². The van der Waals surface area contributed by atoms with Gasteiger partial charge in [-0.1, -0.05) is 11.8 Å². The standard InChI is InChI=1S/C4H4O4S/c5-3(6)2-4(7)8-1-9-2/h2H,1H2,(H,5,6). The van der Waals surface area contributed by atoms with E-state index in [-0.39, 0.29) is 5.94 Å². The van der Waals surface area contributed by atoms with Gasteiger partial charge in [0.2, 0.25) is 5.25 Å². The van der Waals surface area contributed by atoms with Gasteiger partial charge in [0, 0.05) is 0 Å². The lowest BCUT2D eigenvalue weighted by atomic mass is 10.4. The van der Waals surface area contributed by atoms with Gasteiger partial charge in [-0.3, -0.25) is 9.59 Å². The topological polar surface area (TPSA) is 63.6 Å². The van der Waals surface area contributed by atoms with Crippen LogP contribution >= 0.6 is 11.8 Å². The Balaban J connectivity index is 2.60. The van der Waals surface area contributed by atoms with Crippen molar-refractivity contribution in [3.63, 3.8) is 0 Å². The molecule has 0 aromatic carbocycles. The first-order valence-electron chi connectivity index (χ1n) is 2.23. The Morgan fingerprint density at radius 3 is 2.78 bits per heavy atom. The molecular formula is C4H4O4S. The van der Waals surface area contributed by atoms with E-state index >= 15 is 0 Å². The quantitative estimate of drug-likeness (QED) is 0.408. The van der Waals surface area contributed by atoms with E-state index in [4.69, 9.17) is 5.11 Å². The highest BCUT2D eigenvalue weighted by Crippen LogP contribution is 2.20. The summed E-state index contributed by atoms with van der Waals surface area (Å²) in [5.41, 5.74) is 0. The predicted octanol–water partition coefficient (Wildman–Crippen LogP) is -0.313. The van der Waals surface area contributed by atoms with Gasteiger partial charge in [0.25, 0.3) is 0 Å². The molecule has 0 saturated carbocycles. The van der Waals surface area contributed by atoms with Crippen molar-refractivity contribution in [3.8, 4) is 0 Å². The molecule has 0 aromatic rings. The number of cyclic esters (lactones) is 1. The number of rotatable bonds is 1. The van der Waals surface area contributed by atoms with Crippen LogP contribution in [-0.2, 0) is 14.3 Å². The first-order chi connectivity index (χ1) is 4.22. The molecule has 1 aliphatic heterocycles. The minimum absolute atomic E-state index is 0.163.